The molecule has 1 fully saturated rings. The summed E-state index contributed by atoms with van der Waals surface area (Å²) in [6.07, 6.45) is 1.96. The summed E-state index contributed by atoms with van der Waals surface area (Å²) in [6, 6.07) is 0. The van der Waals surface area contributed by atoms with E-state index in [2.05, 4.69) is 5.32 Å². The predicted octanol–water partition coefficient (Wildman–Crippen LogP) is 1.69. The summed E-state index contributed by atoms with van der Waals surface area (Å²) in [4.78, 5) is 0. The molecule has 1 N–H and O–H groups in total. The lowest BCUT2D eigenvalue weighted by atomic mass is 10.2. The second-order valence-electron chi connectivity index (χ2n) is 2.37. The molecule has 1 unspecified atom stereocenters. The van der Waals surface area contributed by atoms with Crippen molar-refractivity contribution in [3.63, 3.8) is 0 Å². The summed E-state index contributed by atoms with van der Waals surface area (Å²) in [7, 11) is 0. The Morgan fingerprint density at radius 2 is 2.30 bits per heavy atom. The van der Waals surface area contributed by atoms with Crippen molar-refractivity contribution in [2.45, 2.75) is 23.8 Å². The van der Waals surface area contributed by atoms with E-state index in [1.165, 1.54) is 0 Å². The molecule has 10 heavy (non-hydrogen) atoms. The summed E-state index contributed by atoms with van der Waals surface area (Å²) in [5, 5.41) is 3.22. The third-order valence-electron chi connectivity index (χ3n) is 1.55. The number of nitrogens with one attached hydrogen (secondary N) is 1. The monoisotopic (exact) mass is 167 g/mol. The van der Waals surface area contributed by atoms with Crippen molar-refractivity contribution in [3.05, 3.63) is 0 Å². The first-order valence-corrected chi connectivity index (χ1v) is 4.37. The Morgan fingerprint density at radius 3 is 2.80 bits per heavy atom. The van der Waals surface area contributed by atoms with Crippen molar-refractivity contribution in [2.24, 2.45) is 0 Å². The van der Waals surface area contributed by atoms with Crippen molar-refractivity contribution in [3.8, 4) is 0 Å². The minimum absolute atomic E-state index is 0.133. The van der Waals surface area contributed by atoms with E-state index in [9.17, 15) is 8.78 Å². The van der Waals surface area contributed by atoms with E-state index in [1.807, 2.05) is 0 Å². The van der Waals surface area contributed by atoms with E-state index in [1.54, 1.807) is 0 Å². The molecule has 1 saturated heterocycles. The molecule has 0 aliphatic carbocycles. The van der Waals surface area contributed by atoms with Crippen LogP contribution >= 0.6 is 11.8 Å². The van der Waals surface area contributed by atoms with Gasteiger partial charge in [0, 0.05) is 11.8 Å². The van der Waals surface area contributed by atoms with Gasteiger partial charge in [-0.3, -0.25) is 0 Å². The maximum absolute atomic E-state index is 11.8. The highest BCUT2D eigenvalue weighted by molar-refractivity contribution is 8.00. The quantitative estimate of drug-likeness (QED) is 0.671. The highest BCUT2D eigenvalue weighted by atomic mass is 32.2. The summed E-state index contributed by atoms with van der Waals surface area (Å²) in [5.41, 5.74) is 0. The predicted molar refractivity (Wildman–Crippen MR) is 39.5 cm³/mol. The fraction of sp³-hybridized carbons (Fsp3) is 1.00. The summed E-state index contributed by atoms with van der Waals surface area (Å²) in [5.74, 6) is -2.20. The van der Waals surface area contributed by atoms with Gasteiger partial charge in [0.25, 0.3) is 5.76 Å². The number of hydrogen-bond acceptors (Lipinski definition) is 2. The van der Waals surface area contributed by atoms with Crippen molar-refractivity contribution >= 4 is 11.8 Å². The summed E-state index contributed by atoms with van der Waals surface area (Å²) < 4.78 is 23.5. The number of thioether (sulfide) groups is 1. The molecule has 0 aromatic rings. The van der Waals surface area contributed by atoms with Crippen LogP contribution in [0.25, 0.3) is 0 Å². The standard InChI is InChI=1S/C6H11F2NS/c7-6(8)10-5-2-1-3-9-4-5/h5-6,9H,1-4H2. The lowest BCUT2D eigenvalue weighted by molar-refractivity contribution is 0.250. The molecule has 1 rings (SSSR count). The first-order chi connectivity index (χ1) is 4.79. The Hall–Kier alpha value is 0.170. The number of rotatable bonds is 2. The molecule has 1 atom stereocenters. The average Bonchev–Trinajstić information content (AvgIpc) is 1.88. The maximum atomic E-state index is 11.8. The topological polar surface area (TPSA) is 12.0 Å². The van der Waals surface area contributed by atoms with Gasteiger partial charge < -0.3 is 5.32 Å². The molecule has 0 radical (unpaired) electrons. The highest BCUT2D eigenvalue weighted by Gasteiger charge is 2.17. The molecule has 0 amide bonds. The third-order valence-corrected chi connectivity index (χ3v) is 2.54. The second kappa shape index (κ2) is 4.13. The first-order valence-electron chi connectivity index (χ1n) is 3.43. The molecule has 1 aliphatic rings. The van der Waals surface area contributed by atoms with Crippen molar-refractivity contribution in [2.75, 3.05) is 13.1 Å². The Kier molecular flexibility index (Phi) is 3.42. The van der Waals surface area contributed by atoms with Gasteiger partial charge in [0.15, 0.2) is 0 Å². The van der Waals surface area contributed by atoms with Gasteiger partial charge in [0.1, 0.15) is 0 Å². The van der Waals surface area contributed by atoms with Crippen molar-refractivity contribution < 1.29 is 8.78 Å². The molecule has 0 spiro atoms. The smallest absolute Gasteiger partial charge is 0.284 e. The van der Waals surface area contributed by atoms with Gasteiger partial charge in [-0.2, -0.15) is 8.78 Å². The van der Waals surface area contributed by atoms with E-state index >= 15 is 0 Å². The summed E-state index contributed by atoms with van der Waals surface area (Å²) >= 11 is 0.780. The molecule has 0 aromatic heterocycles. The first kappa shape index (κ1) is 8.27. The van der Waals surface area contributed by atoms with Crippen LogP contribution in [-0.4, -0.2) is 24.1 Å². The molecule has 1 aliphatic heterocycles. The normalized spacial score (nSPS) is 27.3. The van der Waals surface area contributed by atoms with Crippen LogP contribution in [0.3, 0.4) is 0 Å². The van der Waals surface area contributed by atoms with Crippen molar-refractivity contribution in [1.29, 1.82) is 0 Å². The van der Waals surface area contributed by atoms with Gasteiger partial charge in [0.05, 0.1) is 0 Å². The van der Waals surface area contributed by atoms with Crippen LogP contribution in [0.5, 0.6) is 0 Å². The van der Waals surface area contributed by atoms with Crippen LogP contribution in [0.2, 0.25) is 0 Å². The van der Waals surface area contributed by atoms with Crippen LogP contribution in [-0.2, 0) is 0 Å². The van der Waals surface area contributed by atoms with Gasteiger partial charge in [-0.15, -0.1) is 0 Å². The van der Waals surface area contributed by atoms with Gasteiger partial charge in [-0.25, -0.2) is 0 Å². The van der Waals surface area contributed by atoms with Crippen LogP contribution in [0.1, 0.15) is 12.8 Å². The number of hydrogen-bond donors (Lipinski definition) is 1. The fourth-order valence-corrected chi connectivity index (χ4v) is 1.89. The molecular formula is C6H11F2NS. The van der Waals surface area contributed by atoms with Gasteiger partial charge in [-0.1, -0.05) is 11.8 Å². The van der Waals surface area contributed by atoms with Crippen LogP contribution in [0, 0.1) is 0 Å². The average molecular weight is 167 g/mol. The zero-order chi connectivity index (χ0) is 7.40. The van der Waals surface area contributed by atoms with E-state index < -0.39 is 5.76 Å². The van der Waals surface area contributed by atoms with Gasteiger partial charge in [-0.05, 0) is 19.4 Å². The fourth-order valence-electron chi connectivity index (χ4n) is 1.08. The molecule has 1 heterocycles. The third kappa shape index (κ3) is 2.84. The van der Waals surface area contributed by atoms with Crippen LogP contribution in [0.4, 0.5) is 8.78 Å². The molecule has 60 valence electrons. The second-order valence-corrected chi connectivity index (χ2v) is 3.66. The lowest BCUT2D eigenvalue weighted by Gasteiger charge is -2.21. The zero-order valence-electron chi connectivity index (χ0n) is 5.65. The zero-order valence-corrected chi connectivity index (χ0v) is 6.46. The van der Waals surface area contributed by atoms with Crippen LogP contribution < -0.4 is 5.32 Å². The van der Waals surface area contributed by atoms with E-state index in [4.69, 9.17) is 0 Å². The van der Waals surface area contributed by atoms with E-state index in [0.29, 0.717) is 0 Å². The SMILES string of the molecule is FC(F)SC1CCCNC1. The van der Waals surface area contributed by atoms with E-state index in [0.717, 1.165) is 37.7 Å². The highest BCUT2D eigenvalue weighted by Crippen LogP contribution is 2.24. The van der Waals surface area contributed by atoms with Crippen molar-refractivity contribution in [1.82, 2.24) is 5.32 Å². The Labute approximate surface area is 63.6 Å². The molecule has 4 heteroatoms. The molecule has 0 aromatic carbocycles. The number of piperidine rings is 1. The maximum Gasteiger partial charge on any atom is 0.284 e. The molecule has 1 nitrogen and oxygen atoms in total. The Balaban J connectivity index is 2.13. The largest absolute Gasteiger partial charge is 0.316 e. The number of halogens is 2. The van der Waals surface area contributed by atoms with E-state index in [-0.39, 0.29) is 5.25 Å². The molecular weight excluding hydrogens is 156 g/mol. The Morgan fingerprint density at radius 1 is 1.50 bits per heavy atom. The minimum Gasteiger partial charge on any atom is -0.316 e. The lowest BCUT2D eigenvalue weighted by Crippen LogP contribution is -2.32. The Bertz CT molecular complexity index is 93.7. The summed E-state index contributed by atoms with van der Waals surface area (Å²) in [6.45, 7) is 1.73. The van der Waals surface area contributed by atoms with Crippen LogP contribution in [0.15, 0.2) is 0 Å². The minimum atomic E-state index is -2.20. The molecule has 0 saturated carbocycles. The molecule has 0 bridgehead atoms. The number of alkyl halides is 2. The van der Waals surface area contributed by atoms with Gasteiger partial charge >= 0.3 is 0 Å². The van der Waals surface area contributed by atoms with Gasteiger partial charge in [0.2, 0.25) is 0 Å².